The lowest BCUT2D eigenvalue weighted by atomic mass is 10.2. The molecule has 1 fully saturated rings. The number of nitrogens with one attached hydrogen (secondary N) is 1. The summed E-state index contributed by atoms with van der Waals surface area (Å²) in [6.45, 7) is 0.393. The van der Waals surface area contributed by atoms with Gasteiger partial charge in [-0.2, -0.15) is 11.8 Å². The molecule has 1 atom stereocenters. The third kappa shape index (κ3) is 3.15. The first-order chi connectivity index (χ1) is 8.49. The molecule has 1 unspecified atom stereocenters. The van der Waals surface area contributed by atoms with Crippen LogP contribution in [0.1, 0.15) is 12.8 Å². The van der Waals surface area contributed by atoms with Gasteiger partial charge in [-0.25, -0.2) is 17.5 Å². The van der Waals surface area contributed by atoms with Gasteiger partial charge >= 0.3 is 0 Å². The molecule has 0 aromatic heterocycles. The first-order valence-electron chi connectivity index (χ1n) is 5.65. The Morgan fingerprint density at radius 3 is 2.89 bits per heavy atom. The highest BCUT2D eigenvalue weighted by molar-refractivity contribution is 8.00. The molecular weight excluding hydrogens is 275 g/mol. The van der Waals surface area contributed by atoms with E-state index in [4.69, 9.17) is 5.73 Å². The van der Waals surface area contributed by atoms with Gasteiger partial charge in [0.2, 0.25) is 10.0 Å². The van der Waals surface area contributed by atoms with E-state index in [0.717, 1.165) is 30.7 Å². The Bertz CT molecular complexity index is 528. The van der Waals surface area contributed by atoms with Crippen LogP contribution in [0.2, 0.25) is 0 Å². The largest absolute Gasteiger partial charge is 0.398 e. The van der Waals surface area contributed by atoms with Gasteiger partial charge in [0.25, 0.3) is 0 Å². The van der Waals surface area contributed by atoms with E-state index in [-0.39, 0.29) is 10.6 Å². The minimum Gasteiger partial charge on any atom is -0.398 e. The Hall–Kier alpha value is -0.790. The Kier molecular flexibility index (Phi) is 4.14. The van der Waals surface area contributed by atoms with Crippen molar-refractivity contribution >= 4 is 27.5 Å². The Morgan fingerprint density at radius 1 is 1.50 bits per heavy atom. The molecule has 0 spiro atoms. The van der Waals surface area contributed by atoms with E-state index in [1.165, 1.54) is 6.07 Å². The number of halogens is 1. The number of benzene rings is 1. The summed E-state index contributed by atoms with van der Waals surface area (Å²) in [5, 5.41) is 0.321. The molecule has 0 radical (unpaired) electrons. The summed E-state index contributed by atoms with van der Waals surface area (Å²) in [7, 11) is -3.65. The van der Waals surface area contributed by atoms with Crippen LogP contribution in [0.15, 0.2) is 23.1 Å². The third-order valence-corrected chi connectivity index (χ3v) is 5.68. The summed E-state index contributed by atoms with van der Waals surface area (Å²) in [5.41, 5.74) is 5.46. The van der Waals surface area contributed by atoms with Gasteiger partial charge in [-0.1, -0.05) is 0 Å². The zero-order chi connectivity index (χ0) is 13.2. The number of anilines is 1. The molecule has 100 valence electrons. The molecule has 1 aromatic rings. The fraction of sp³-hybridized carbons (Fsp3) is 0.455. The average Bonchev–Trinajstić information content (AvgIpc) is 2.78. The fourth-order valence-electron chi connectivity index (χ4n) is 1.85. The van der Waals surface area contributed by atoms with Gasteiger partial charge in [-0.15, -0.1) is 0 Å². The van der Waals surface area contributed by atoms with E-state index in [9.17, 15) is 12.8 Å². The van der Waals surface area contributed by atoms with Crippen LogP contribution in [0.25, 0.3) is 0 Å². The molecule has 18 heavy (non-hydrogen) atoms. The molecule has 0 bridgehead atoms. The maximum absolute atomic E-state index is 12.9. The molecule has 1 aliphatic rings. The van der Waals surface area contributed by atoms with Crippen LogP contribution in [0, 0.1) is 5.82 Å². The van der Waals surface area contributed by atoms with Crippen molar-refractivity contribution in [1.29, 1.82) is 0 Å². The number of nitrogen functional groups attached to an aromatic ring is 1. The molecule has 7 heteroatoms. The van der Waals surface area contributed by atoms with Crippen LogP contribution in [0.4, 0.5) is 10.1 Å². The monoisotopic (exact) mass is 290 g/mol. The quantitative estimate of drug-likeness (QED) is 0.826. The second-order valence-electron chi connectivity index (χ2n) is 4.17. The molecule has 3 N–H and O–H groups in total. The van der Waals surface area contributed by atoms with Crippen molar-refractivity contribution in [3.8, 4) is 0 Å². The van der Waals surface area contributed by atoms with Gasteiger partial charge < -0.3 is 5.73 Å². The van der Waals surface area contributed by atoms with Gasteiger partial charge in [0.05, 0.1) is 5.69 Å². The normalized spacial score (nSPS) is 20.2. The highest BCUT2D eigenvalue weighted by Crippen LogP contribution is 2.26. The van der Waals surface area contributed by atoms with Gasteiger partial charge in [0.1, 0.15) is 10.7 Å². The molecular formula is C11H15FN2O2S2. The van der Waals surface area contributed by atoms with Crippen molar-refractivity contribution in [2.45, 2.75) is 23.0 Å². The summed E-state index contributed by atoms with van der Waals surface area (Å²) < 4.78 is 39.4. The summed E-state index contributed by atoms with van der Waals surface area (Å²) in [6, 6.07) is 3.29. The van der Waals surface area contributed by atoms with Crippen LogP contribution in [-0.2, 0) is 10.0 Å². The van der Waals surface area contributed by atoms with Crippen molar-refractivity contribution in [2.75, 3.05) is 18.0 Å². The highest BCUT2D eigenvalue weighted by atomic mass is 32.2. The van der Waals surface area contributed by atoms with Gasteiger partial charge in [0, 0.05) is 11.8 Å². The average molecular weight is 290 g/mol. The maximum Gasteiger partial charge on any atom is 0.242 e. The molecule has 0 saturated carbocycles. The lowest BCUT2D eigenvalue weighted by Crippen LogP contribution is -2.30. The van der Waals surface area contributed by atoms with Crippen molar-refractivity contribution in [2.24, 2.45) is 0 Å². The number of thioether (sulfide) groups is 1. The highest BCUT2D eigenvalue weighted by Gasteiger charge is 2.21. The molecule has 2 rings (SSSR count). The van der Waals surface area contributed by atoms with Crippen molar-refractivity contribution in [3.05, 3.63) is 24.0 Å². The number of nitrogens with two attached hydrogens (primary N) is 1. The lowest BCUT2D eigenvalue weighted by molar-refractivity contribution is 0.578. The second kappa shape index (κ2) is 5.46. The van der Waals surface area contributed by atoms with Gasteiger partial charge in [0.15, 0.2) is 0 Å². The van der Waals surface area contributed by atoms with E-state index in [1.54, 1.807) is 11.8 Å². The molecule has 1 aromatic carbocycles. The number of rotatable bonds is 4. The van der Waals surface area contributed by atoms with Gasteiger partial charge in [-0.3, -0.25) is 0 Å². The molecule has 4 nitrogen and oxygen atoms in total. The predicted octanol–water partition coefficient (Wildman–Crippen LogP) is 1.58. The second-order valence-corrected chi connectivity index (χ2v) is 7.31. The van der Waals surface area contributed by atoms with Crippen molar-refractivity contribution in [1.82, 2.24) is 4.72 Å². The fourth-order valence-corrected chi connectivity index (χ4v) is 4.35. The molecule has 0 amide bonds. The van der Waals surface area contributed by atoms with Crippen LogP contribution in [-0.4, -0.2) is 26.0 Å². The van der Waals surface area contributed by atoms with E-state index < -0.39 is 15.8 Å². The third-order valence-electron chi connectivity index (χ3n) is 2.79. The Morgan fingerprint density at radius 2 is 2.28 bits per heavy atom. The summed E-state index contributed by atoms with van der Waals surface area (Å²) in [5.74, 6) is 0.531. The van der Waals surface area contributed by atoms with E-state index >= 15 is 0 Å². The number of hydrogen-bond donors (Lipinski definition) is 2. The van der Waals surface area contributed by atoms with Crippen LogP contribution < -0.4 is 10.5 Å². The van der Waals surface area contributed by atoms with E-state index in [0.29, 0.717) is 11.8 Å². The SMILES string of the molecule is Nc1cc(F)ccc1S(=O)(=O)NCC1CCCS1. The van der Waals surface area contributed by atoms with Crippen LogP contribution >= 0.6 is 11.8 Å². The summed E-state index contributed by atoms with van der Waals surface area (Å²) in [4.78, 5) is -0.0631. The van der Waals surface area contributed by atoms with Crippen molar-refractivity contribution in [3.63, 3.8) is 0 Å². The predicted molar refractivity (Wildman–Crippen MR) is 71.5 cm³/mol. The Labute approximate surface area is 110 Å². The molecule has 1 saturated heterocycles. The zero-order valence-electron chi connectivity index (χ0n) is 9.73. The minimum atomic E-state index is -3.65. The van der Waals surface area contributed by atoms with E-state index in [1.807, 2.05) is 0 Å². The lowest BCUT2D eigenvalue weighted by Gasteiger charge is -2.12. The molecule has 1 aliphatic heterocycles. The standard InChI is InChI=1S/C11H15FN2O2S2/c12-8-3-4-11(10(13)6-8)18(15,16)14-7-9-2-1-5-17-9/h3-4,6,9,14H,1-2,5,7,13H2. The smallest absolute Gasteiger partial charge is 0.242 e. The Balaban J connectivity index is 2.09. The van der Waals surface area contributed by atoms with E-state index in [2.05, 4.69) is 4.72 Å². The molecule has 0 aliphatic carbocycles. The number of hydrogen-bond acceptors (Lipinski definition) is 4. The zero-order valence-corrected chi connectivity index (χ0v) is 11.4. The topological polar surface area (TPSA) is 72.2 Å². The van der Waals surface area contributed by atoms with Gasteiger partial charge in [-0.05, 0) is 36.8 Å². The summed E-state index contributed by atoms with van der Waals surface area (Å²) in [6.07, 6.45) is 2.14. The van der Waals surface area contributed by atoms with Crippen LogP contribution in [0.3, 0.4) is 0 Å². The number of sulfonamides is 1. The summed E-state index contributed by atoms with van der Waals surface area (Å²) >= 11 is 1.77. The van der Waals surface area contributed by atoms with Crippen molar-refractivity contribution < 1.29 is 12.8 Å². The minimum absolute atomic E-state index is 0.0631. The first kappa shape index (κ1) is 13.6. The van der Waals surface area contributed by atoms with Crippen LogP contribution in [0.5, 0.6) is 0 Å². The first-order valence-corrected chi connectivity index (χ1v) is 8.18. The maximum atomic E-state index is 12.9. The molecule has 1 heterocycles.